The van der Waals surface area contributed by atoms with Crippen molar-refractivity contribution in [3.05, 3.63) is 47.4 Å². The molecule has 0 bridgehead atoms. The summed E-state index contributed by atoms with van der Waals surface area (Å²) in [6.45, 7) is 6.70. The van der Waals surface area contributed by atoms with Crippen LogP contribution in [-0.2, 0) is 6.54 Å². The van der Waals surface area contributed by atoms with E-state index in [1.165, 1.54) is 12.1 Å². The van der Waals surface area contributed by atoms with Crippen LogP contribution in [0.3, 0.4) is 0 Å². The normalized spacial score (nSPS) is 12.3. The Morgan fingerprint density at radius 3 is 2.52 bits per heavy atom. The van der Waals surface area contributed by atoms with Gasteiger partial charge in [-0.3, -0.25) is 4.99 Å². The molecular formula is C17H24FIN4O2. The van der Waals surface area contributed by atoms with Gasteiger partial charge >= 0.3 is 0 Å². The molecule has 6 nitrogen and oxygen atoms in total. The van der Waals surface area contributed by atoms with Crippen LogP contribution in [-0.4, -0.2) is 30.6 Å². The molecule has 1 atom stereocenters. The van der Waals surface area contributed by atoms with Crippen molar-refractivity contribution in [2.75, 3.05) is 13.6 Å². The smallest absolute Gasteiger partial charge is 0.214 e. The molecule has 25 heavy (non-hydrogen) atoms. The second-order valence-corrected chi connectivity index (χ2v) is 5.44. The molecule has 8 heteroatoms. The summed E-state index contributed by atoms with van der Waals surface area (Å²) < 4.78 is 24.1. The molecule has 0 spiro atoms. The number of halogens is 2. The number of hydrogen-bond acceptors (Lipinski definition) is 4. The second kappa shape index (κ2) is 10.2. The van der Waals surface area contributed by atoms with Gasteiger partial charge in [-0.2, -0.15) is 0 Å². The molecule has 138 valence electrons. The lowest BCUT2D eigenvalue weighted by Crippen LogP contribution is -2.41. The van der Waals surface area contributed by atoms with E-state index in [-0.39, 0.29) is 35.9 Å². The van der Waals surface area contributed by atoms with Gasteiger partial charge in [0.2, 0.25) is 5.89 Å². The van der Waals surface area contributed by atoms with Gasteiger partial charge in [0.05, 0.1) is 18.8 Å². The average Bonchev–Trinajstić information content (AvgIpc) is 2.88. The summed E-state index contributed by atoms with van der Waals surface area (Å²) in [7, 11) is 1.69. The fourth-order valence-corrected chi connectivity index (χ4v) is 2.02. The molecule has 0 aliphatic rings. The van der Waals surface area contributed by atoms with Gasteiger partial charge in [0.25, 0.3) is 0 Å². The Morgan fingerprint density at radius 2 is 1.96 bits per heavy atom. The number of aromatic nitrogens is 1. The number of rotatable bonds is 6. The van der Waals surface area contributed by atoms with Crippen LogP contribution in [0.2, 0.25) is 0 Å². The van der Waals surface area contributed by atoms with E-state index in [2.05, 4.69) is 20.6 Å². The van der Waals surface area contributed by atoms with Crippen molar-refractivity contribution in [3.8, 4) is 5.75 Å². The molecule has 2 aromatic rings. The number of aryl methyl sites for hydroxylation is 2. The third kappa shape index (κ3) is 6.89. The van der Waals surface area contributed by atoms with Gasteiger partial charge in [-0.1, -0.05) is 0 Å². The van der Waals surface area contributed by atoms with Gasteiger partial charge in [0.15, 0.2) is 5.96 Å². The minimum atomic E-state index is -0.283. The quantitative estimate of drug-likeness (QED) is 0.392. The Kier molecular flexibility index (Phi) is 8.67. The van der Waals surface area contributed by atoms with Gasteiger partial charge in [0, 0.05) is 7.05 Å². The molecule has 1 aromatic heterocycles. The van der Waals surface area contributed by atoms with Crippen molar-refractivity contribution in [3.63, 3.8) is 0 Å². The number of oxazole rings is 1. The first-order valence-corrected chi connectivity index (χ1v) is 7.77. The summed E-state index contributed by atoms with van der Waals surface area (Å²) in [6.07, 6.45) is -0.111. The molecule has 2 N–H and O–H groups in total. The predicted molar refractivity (Wildman–Crippen MR) is 106 cm³/mol. The van der Waals surface area contributed by atoms with Crippen LogP contribution in [0.5, 0.6) is 5.75 Å². The maximum Gasteiger partial charge on any atom is 0.214 e. The molecule has 1 aromatic carbocycles. The van der Waals surface area contributed by atoms with Crippen LogP contribution in [0, 0.1) is 19.7 Å². The van der Waals surface area contributed by atoms with Gasteiger partial charge < -0.3 is 19.8 Å². The Morgan fingerprint density at radius 1 is 1.28 bits per heavy atom. The number of nitrogens with one attached hydrogen (secondary N) is 2. The number of aliphatic imine (C=N–C) groups is 1. The van der Waals surface area contributed by atoms with E-state index in [9.17, 15) is 4.39 Å². The lowest BCUT2D eigenvalue weighted by molar-refractivity contribution is 0.223. The summed E-state index contributed by atoms with van der Waals surface area (Å²) >= 11 is 0. The highest BCUT2D eigenvalue weighted by atomic mass is 127. The van der Waals surface area contributed by atoms with Crippen LogP contribution in [0.4, 0.5) is 4.39 Å². The number of hydrogen-bond donors (Lipinski definition) is 2. The summed E-state index contributed by atoms with van der Waals surface area (Å²) in [4.78, 5) is 8.45. The molecule has 0 saturated carbocycles. The Bertz CT molecular complexity index is 669. The first-order valence-electron chi connectivity index (χ1n) is 7.77. The highest BCUT2D eigenvalue weighted by Gasteiger charge is 2.08. The molecule has 0 radical (unpaired) electrons. The summed E-state index contributed by atoms with van der Waals surface area (Å²) in [5.74, 6) is 2.40. The fraction of sp³-hybridized carbons (Fsp3) is 0.412. The third-order valence-corrected chi connectivity index (χ3v) is 3.41. The van der Waals surface area contributed by atoms with Crippen molar-refractivity contribution in [2.45, 2.75) is 33.4 Å². The number of benzene rings is 1. The molecule has 2 rings (SSSR count). The highest BCUT2D eigenvalue weighted by Crippen LogP contribution is 2.12. The largest absolute Gasteiger partial charge is 0.489 e. The lowest BCUT2D eigenvalue weighted by Gasteiger charge is -2.17. The second-order valence-electron chi connectivity index (χ2n) is 5.44. The van der Waals surface area contributed by atoms with E-state index >= 15 is 0 Å². The van der Waals surface area contributed by atoms with E-state index in [0.29, 0.717) is 30.7 Å². The van der Waals surface area contributed by atoms with Crippen molar-refractivity contribution in [1.82, 2.24) is 15.6 Å². The molecular weight excluding hydrogens is 438 g/mol. The van der Waals surface area contributed by atoms with E-state index in [0.717, 1.165) is 11.5 Å². The zero-order valence-corrected chi connectivity index (χ0v) is 17.1. The minimum absolute atomic E-state index is 0. The Hall–Kier alpha value is -1.84. The lowest BCUT2D eigenvalue weighted by atomic mass is 10.3. The van der Waals surface area contributed by atoms with E-state index < -0.39 is 0 Å². The highest BCUT2D eigenvalue weighted by molar-refractivity contribution is 14.0. The van der Waals surface area contributed by atoms with Crippen molar-refractivity contribution < 1.29 is 13.5 Å². The maximum atomic E-state index is 12.9. The van der Waals surface area contributed by atoms with Crippen LogP contribution in [0.25, 0.3) is 0 Å². The number of nitrogens with zero attached hydrogens (tertiary/aromatic N) is 2. The van der Waals surface area contributed by atoms with Gasteiger partial charge in [-0.05, 0) is 45.0 Å². The van der Waals surface area contributed by atoms with Crippen molar-refractivity contribution in [1.29, 1.82) is 0 Å². The maximum absolute atomic E-state index is 12.9. The Balaban J connectivity index is 0.00000312. The topological polar surface area (TPSA) is 71.7 Å². The van der Waals surface area contributed by atoms with Gasteiger partial charge in [0.1, 0.15) is 23.4 Å². The van der Waals surface area contributed by atoms with E-state index in [1.807, 2.05) is 20.8 Å². The molecule has 1 unspecified atom stereocenters. The SMILES string of the molecule is CN=C(NCc1nc(C)c(C)o1)NCC(C)Oc1ccc(F)cc1.I. The van der Waals surface area contributed by atoms with Crippen LogP contribution >= 0.6 is 24.0 Å². The molecule has 0 saturated heterocycles. The standard InChI is InChI=1S/C17H23FN4O2.HI/c1-11(23-15-7-5-14(18)6-8-15)9-20-17(19-4)21-10-16-22-12(2)13(3)24-16;/h5-8,11H,9-10H2,1-4H3,(H2,19,20,21);1H. The van der Waals surface area contributed by atoms with E-state index in [1.54, 1.807) is 19.2 Å². The van der Waals surface area contributed by atoms with Crippen molar-refractivity contribution in [2.24, 2.45) is 4.99 Å². The summed E-state index contributed by atoms with van der Waals surface area (Å²) in [5, 5.41) is 6.29. The summed E-state index contributed by atoms with van der Waals surface area (Å²) in [5.41, 5.74) is 0.885. The monoisotopic (exact) mass is 462 g/mol. The van der Waals surface area contributed by atoms with Gasteiger partial charge in [-0.25, -0.2) is 9.37 Å². The predicted octanol–water partition coefficient (Wildman–Crippen LogP) is 3.18. The van der Waals surface area contributed by atoms with Crippen LogP contribution in [0.15, 0.2) is 33.7 Å². The first kappa shape index (κ1) is 21.2. The van der Waals surface area contributed by atoms with Crippen LogP contribution < -0.4 is 15.4 Å². The van der Waals surface area contributed by atoms with Gasteiger partial charge in [-0.15, -0.1) is 24.0 Å². The zero-order valence-electron chi connectivity index (χ0n) is 14.8. The molecule has 0 amide bonds. The fourth-order valence-electron chi connectivity index (χ4n) is 2.02. The summed E-state index contributed by atoms with van der Waals surface area (Å²) in [6, 6.07) is 5.95. The van der Waals surface area contributed by atoms with Crippen LogP contribution in [0.1, 0.15) is 24.3 Å². The minimum Gasteiger partial charge on any atom is -0.489 e. The molecule has 0 aliphatic carbocycles. The molecule has 0 aliphatic heterocycles. The molecule has 1 heterocycles. The number of guanidine groups is 1. The number of ether oxygens (including phenoxy) is 1. The zero-order chi connectivity index (χ0) is 17.5. The Labute approximate surface area is 164 Å². The third-order valence-electron chi connectivity index (χ3n) is 3.41. The molecule has 0 fully saturated rings. The van der Waals surface area contributed by atoms with Crippen molar-refractivity contribution >= 4 is 29.9 Å². The average molecular weight is 462 g/mol. The first-order chi connectivity index (χ1) is 11.5. The van der Waals surface area contributed by atoms with E-state index in [4.69, 9.17) is 9.15 Å².